The number of amides is 1. The van der Waals surface area contributed by atoms with Crippen molar-refractivity contribution in [3.05, 3.63) is 59.9 Å². The molecule has 0 saturated carbocycles. The normalized spacial score (nSPS) is 11.2. The van der Waals surface area contributed by atoms with Gasteiger partial charge in [0.2, 0.25) is 5.91 Å². The average Bonchev–Trinajstić information content (AvgIpc) is 2.90. The number of benzene rings is 2. The number of imidazole rings is 1. The molecule has 4 heteroatoms. The van der Waals surface area contributed by atoms with Gasteiger partial charge < -0.3 is 9.88 Å². The van der Waals surface area contributed by atoms with Gasteiger partial charge >= 0.3 is 0 Å². The third-order valence-electron chi connectivity index (χ3n) is 4.35. The number of aromatic nitrogens is 2. The highest BCUT2D eigenvalue weighted by Gasteiger charge is 2.08. The highest BCUT2D eigenvalue weighted by atomic mass is 16.1. The van der Waals surface area contributed by atoms with Crippen molar-refractivity contribution in [2.24, 2.45) is 13.0 Å². The molecule has 3 rings (SSSR count). The molecule has 1 amide bonds. The molecule has 0 aliphatic carbocycles. The van der Waals surface area contributed by atoms with E-state index < -0.39 is 0 Å². The first-order valence-corrected chi connectivity index (χ1v) is 8.82. The average molecular weight is 335 g/mol. The predicted molar refractivity (Wildman–Crippen MR) is 103 cm³/mol. The molecule has 0 aliphatic rings. The van der Waals surface area contributed by atoms with E-state index >= 15 is 0 Å². The topological polar surface area (TPSA) is 46.9 Å². The van der Waals surface area contributed by atoms with Crippen LogP contribution in [0.4, 0.5) is 5.69 Å². The van der Waals surface area contributed by atoms with Crippen LogP contribution < -0.4 is 5.32 Å². The molecule has 0 unspecified atom stereocenters. The zero-order chi connectivity index (χ0) is 17.8. The van der Waals surface area contributed by atoms with Gasteiger partial charge in [0.15, 0.2) is 0 Å². The number of para-hydroxylation sites is 2. The van der Waals surface area contributed by atoms with Gasteiger partial charge in [-0.25, -0.2) is 4.98 Å². The smallest absolute Gasteiger partial charge is 0.224 e. The van der Waals surface area contributed by atoms with Crippen LogP contribution in [-0.4, -0.2) is 15.5 Å². The molecular weight excluding hydrogens is 310 g/mol. The monoisotopic (exact) mass is 335 g/mol. The lowest BCUT2D eigenvalue weighted by Gasteiger charge is -2.08. The van der Waals surface area contributed by atoms with Gasteiger partial charge in [-0.3, -0.25) is 4.79 Å². The lowest BCUT2D eigenvalue weighted by molar-refractivity contribution is -0.116. The quantitative estimate of drug-likeness (QED) is 0.728. The minimum Gasteiger partial charge on any atom is -0.331 e. The van der Waals surface area contributed by atoms with Gasteiger partial charge in [0.25, 0.3) is 0 Å². The van der Waals surface area contributed by atoms with Crippen LogP contribution in [-0.2, 0) is 24.7 Å². The van der Waals surface area contributed by atoms with Crippen molar-refractivity contribution in [2.75, 3.05) is 5.32 Å². The highest BCUT2D eigenvalue weighted by Crippen LogP contribution is 2.17. The van der Waals surface area contributed by atoms with Gasteiger partial charge in [0, 0.05) is 25.6 Å². The molecule has 25 heavy (non-hydrogen) atoms. The lowest BCUT2D eigenvalue weighted by Crippen LogP contribution is -2.13. The number of nitrogens with one attached hydrogen (secondary N) is 1. The number of rotatable bonds is 6. The molecule has 1 aromatic heterocycles. The van der Waals surface area contributed by atoms with Crippen LogP contribution in [0.15, 0.2) is 48.5 Å². The standard InChI is InChI=1S/C21H25N3O/c1-15(2)14-21(25)22-17-11-8-16(9-12-17)10-13-20-23-18-6-4-5-7-19(18)24(20)3/h4-9,11-12,15H,10,13-14H2,1-3H3,(H,22,25). The fourth-order valence-corrected chi connectivity index (χ4v) is 3.01. The van der Waals surface area contributed by atoms with Crippen LogP contribution in [0.25, 0.3) is 11.0 Å². The number of aryl methyl sites for hydroxylation is 3. The molecule has 0 bridgehead atoms. The van der Waals surface area contributed by atoms with E-state index in [1.165, 1.54) is 11.1 Å². The Kier molecular flexibility index (Phi) is 5.17. The van der Waals surface area contributed by atoms with Crippen LogP contribution in [0.5, 0.6) is 0 Å². The van der Waals surface area contributed by atoms with Crippen molar-refractivity contribution in [1.29, 1.82) is 0 Å². The summed E-state index contributed by atoms with van der Waals surface area (Å²) < 4.78 is 2.16. The Morgan fingerprint density at radius 2 is 1.80 bits per heavy atom. The van der Waals surface area contributed by atoms with E-state index in [2.05, 4.69) is 35.1 Å². The summed E-state index contributed by atoms with van der Waals surface area (Å²) >= 11 is 0. The molecule has 4 nitrogen and oxygen atoms in total. The summed E-state index contributed by atoms with van der Waals surface area (Å²) in [4.78, 5) is 16.5. The van der Waals surface area contributed by atoms with Crippen molar-refractivity contribution in [1.82, 2.24) is 9.55 Å². The van der Waals surface area contributed by atoms with Crippen molar-refractivity contribution in [2.45, 2.75) is 33.1 Å². The Morgan fingerprint density at radius 1 is 1.08 bits per heavy atom. The Hall–Kier alpha value is -2.62. The molecular formula is C21H25N3O. The molecule has 0 radical (unpaired) electrons. The van der Waals surface area contributed by atoms with Gasteiger partial charge in [-0.15, -0.1) is 0 Å². The van der Waals surface area contributed by atoms with Gasteiger partial charge in [0.1, 0.15) is 5.82 Å². The number of fused-ring (bicyclic) bond motifs is 1. The van der Waals surface area contributed by atoms with Crippen molar-refractivity contribution < 1.29 is 4.79 Å². The van der Waals surface area contributed by atoms with E-state index in [0.717, 1.165) is 29.9 Å². The Balaban J connectivity index is 1.61. The largest absolute Gasteiger partial charge is 0.331 e. The van der Waals surface area contributed by atoms with Crippen LogP contribution in [0.2, 0.25) is 0 Å². The summed E-state index contributed by atoms with van der Waals surface area (Å²) in [5, 5.41) is 2.95. The molecule has 0 aliphatic heterocycles. The first-order chi connectivity index (χ1) is 12.0. The third-order valence-corrected chi connectivity index (χ3v) is 4.35. The number of anilines is 1. The molecule has 2 aromatic carbocycles. The molecule has 0 fully saturated rings. The number of hydrogen-bond donors (Lipinski definition) is 1. The van der Waals surface area contributed by atoms with E-state index in [1.807, 2.05) is 44.2 Å². The van der Waals surface area contributed by atoms with Crippen LogP contribution in [0.1, 0.15) is 31.7 Å². The summed E-state index contributed by atoms with van der Waals surface area (Å²) in [7, 11) is 2.07. The van der Waals surface area contributed by atoms with E-state index in [9.17, 15) is 4.79 Å². The Labute approximate surface area is 148 Å². The third kappa shape index (κ3) is 4.27. The second kappa shape index (κ2) is 7.51. The first kappa shape index (κ1) is 17.2. The maximum absolute atomic E-state index is 11.8. The van der Waals surface area contributed by atoms with Gasteiger partial charge in [0.05, 0.1) is 11.0 Å². The number of nitrogens with zero attached hydrogens (tertiary/aromatic N) is 2. The first-order valence-electron chi connectivity index (χ1n) is 8.82. The van der Waals surface area contributed by atoms with Gasteiger partial charge in [-0.05, 0) is 42.2 Å². The second-order valence-electron chi connectivity index (χ2n) is 6.92. The van der Waals surface area contributed by atoms with Crippen LogP contribution >= 0.6 is 0 Å². The fourth-order valence-electron chi connectivity index (χ4n) is 3.01. The maximum atomic E-state index is 11.8. The van der Waals surface area contributed by atoms with E-state index in [-0.39, 0.29) is 5.91 Å². The van der Waals surface area contributed by atoms with Gasteiger partial charge in [-0.2, -0.15) is 0 Å². The Bertz CT molecular complexity index is 862. The van der Waals surface area contributed by atoms with Crippen LogP contribution in [0.3, 0.4) is 0 Å². The minimum absolute atomic E-state index is 0.0717. The molecule has 0 spiro atoms. The summed E-state index contributed by atoms with van der Waals surface area (Å²) in [6.07, 6.45) is 2.37. The fraction of sp³-hybridized carbons (Fsp3) is 0.333. The zero-order valence-electron chi connectivity index (χ0n) is 15.1. The summed E-state index contributed by atoms with van der Waals surface area (Å²) in [5.41, 5.74) is 4.31. The molecule has 0 atom stereocenters. The molecule has 1 N–H and O–H groups in total. The molecule has 1 heterocycles. The van der Waals surface area contributed by atoms with E-state index in [4.69, 9.17) is 4.98 Å². The van der Waals surface area contributed by atoms with Gasteiger partial charge in [-0.1, -0.05) is 38.1 Å². The predicted octanol–water partition coefficient (Wildman–Crippen LogP) is 4.34. The molecule has 130 valence electrons. The summed E-state index contributed by atoms with van der Waals surface area (Å²) in [6.45, 7) is 4.09. The minimum atomic E-state index is 0.0717. The number of carbonyl (C=O) groups is 1. The van der Waals surface area contributed by atoms with E-state index in [1.54, 1.807) is 0 Å². The van der Waals surface area contributed by atoms with Crippen LogP contribution in [0, 0.1) is 5.92 Å². The lowest BCUT2D eigenvalue weighted by atomic mass is 10.1. The summed E-state index contributed by atoms with van der Waals surface area (Å²) in [5.74, 6) is 1.53. The molecule has 0 saturated heterocycles. The maximum Gasteiger partial charge on any atom is 0.224 e. The van der Waals surface area contributed by atoms with Crippen molar-refractivity contribution in [3.8, 4) is 0 Å². The highest BCUT2D eigenvalue weighted by molar-refractivity contribution is 5.90. The van der Waals surface area contributed by atoms with Crippen molar-refractivity contribution in [3.63, 3.8) is 0 Å². The summed E-state index contributed by atoms with van der Waals surface area (Å²) in [6, 6.07) is 16.3. The Morgan fingerprint density at radius 3 is 2.48 bits per heavy atom. The van der Waals surface area contributed by atoms with Crippen molar-refractivity contribution >= 4 is 22.6 Å². The number of hydrogen-bond acceptors (Lipinski definition) is 2. The SMILES string of the molecule is CC(C)CC(=O)Nc1ccc(CCc2nc3ccccc3n2C)cc1. The van der Waals surface area contributed by atoms with E-state index in [0.29, 0.717) is 12.3 Å². The second-order valence-corrected chi connectivity index (χ2v) is 6.92. The zero-order valence-corrected chi connectivity index (χ0v) is 15.1. The molecule has 3 aromatic rings. The number of carbonyl (C=O) groups excluding carboxylic acids is 1.